The van der Waals surface area contributed by atoms with Crippen molar-refractivity contribution >= 4 is 6.09 Å². The molecular weight excluding hydrogens is 301 g/mol. The fourth-order valence-corrected chi connectivity index (χ4v) is 2.18. The summed E-state index contributed by atoms with van der Waals surface area (Å²) in [5.74, 6) is -0.607. The lowest BCUT2D eigenvalue weighted by Gasteiger charge is -2.13. The van der Waals surface area contributed by atoms with Crippen LogP contribution in [0.1, 0.15) is 25.0 Å². The maximum atomic E-state index is 14.5. The van der Waals surface area contributed by atoms with E-state index in [-0.39, 0.29) is 35.0 Å². The third-order valence-corrected chi connectivity index (χ3v) is 3.38. The van der Waals surface area contributed by atoms with Gasteiger partial charge in [0, 0.05) is 5.56 Å². The van der Waals surface area contributed by atoms with E-state index in [2.05, 4.69) is 0 Å². The van der Waals surface area contributed by atoms with Crippen molar-refractivity contribution in [2.75, 3.05) is 0 Å². The minimum atomic E-state index is -1.01. The summed E-state index contributed by atoms with van der Waals surface area (Å²) in [7, 11) is 0. The standard InChI is InChI=1S/C17H18FNO4/c1-3-10-5-6-14(12(20)9-10)22-15-8-7-13(23-17(19)21)11(4-2)16(15)18/h5-9,20H,3-4H2,1-2H3,(H2,19,21). The first-order chi connectivity index (χ1) is 11.0. The van der Waals surface area contributed by atoms with E-state index in [9.17, 15) is 14.3 Å². The summed E-state index contributed by atoms with van der Waals surface area (Å²) in [6, 6.07) is 7.66. The Balaban J connectivity index is 2.35. The number of amides is 1. The second-order valence-electron chi connectivity index (χ2n) is 4.89. The van der Waals surface area contributed by atoms with Crippen molar-refractivity contribution in [3.05, 3.63) is 47.3 Å². The molecule has 0 aliphatic carbocycles. The normalized spacial score (nSPS) is 10.4. The van der Waals surface area contributed by atoms with Crippen molar-refractivity contribution < 1.29 is 23.8 Å². The second kappa shape index (κ2) is 7.00. The number of primary amides is 1. The van der Waals surface area contributed by atoms with E-state index in [1.54, 1.807) is 25.1 Å². The summed E-state index contributed by atoms with van der Waals surface area (Å²) < 4.78 is 24.7. The molecule has 0 saturated heterocycles. The number of ether oxygens (including phenoxy) is 2. The molecule has 2 aromatic carbocycles. The predicted octanol–water partition coefficient (Wildman–Crippen LogP) is 3.91. The lowest BCUT2D eigenvalue weighted by molar-refractivity contribution is 0.210. The van der Waals surface area contributed by atoms with E-state index in [1.807, 2.05) is 6.92 Å². The van der Waals surface area contributed by atoms with E-state index in [4.69, 9.17) is 15.2 Å². The quantitative estimate of drug-likeness (QED) is 0.875. The van der Waals surface area contributed by atoms with Gasteiger partial charge in [-0.1, -0.05) is 19.9 Å². The van der Waals surface area contributed by atoms with Crippen LogP contribution < -0.4 is 15.2 Å². The summed E-state index contributed by atoms with van der Waals surface area (Å²) in [6.45, 7) is 3.67. The smallest absolute Gasteiger partial charge is 0.409 e. The van der Waals surface area contributed by atoms with E-state index >= 15 is 0 Å². The fraction of sp³-hybridized carbons (Fsp3) is 0.235. The van der Waals surface area contributed by atoms with E-state index < -0.39 is 11.9 Å². The molecule has 23 heavy (non-hydrogen) atoms. The van der Waals surface area contributed by atoms with Crippen LogP contribution in [0.4, 0.5) is 9.18 Å². The monoisotopic (exact) mass is 319 g/mol. The van der Waals surface area contributed by atoms with Gasteiger partial charge in [0.15, 0.2) is 23.1 Å². The number of nitrogens with two attached hydrogens (primary N) is 1. The van der Waals surface area contributed by atoms with Gasteiger partial charge in [-0.2, -0.15) is 0 Å². The number of carbonyl (C=O) groups is 1. The highest BCUT2D eigenvalue weighted by Crippen LogP contribution is 2.36. The first kappa shape index (κ1) is 16.6. The number of rotatable bonds is 5. The molecule has 0 bridgehead atoms. The molecule has 0 aliphatic rings. The third-order valence-electron chi connectivity index (χ3n) is 3.38. The Hall–Kier alpha value is -2.76. The molecule has 2 aromatic rings. The molecular formula is C17H18FNO4. The summed E-state index contributed by atoms with van der Waals surface area (Å²) >= 11 is 0. The third kappa shape index (κ3) is 3.71. The molecule has 0 aliphatic heterocycles. The highest BCUT2D eigenvalue weighted by atomic mass is 19.1. The highest BCUT2D eigenvalue weighted by molar-refractivity contribution is 5.69. The molecule has 0 saturated carbocycles. The number of aromatic hydroxyl groups is 1. The van der Waals surface area contributed by atoms with Gasteiger partial charge in [-0.15, -0.1) is 0 Å². The summed E-state index contributed by atoms with van der Waals surface area (Å²) in [5, 5.41) is 9.94. The Morgan fingerprint density at radius 1 is 1.13 bits per heavy atom. The average Bonchev–Trinajstić information content (AvgIpc) is 2.51. The molecule has 2 rings (SSSR count). The number of carbonyl (C=O) groups excluding carboxylic acids is 1. The van der Waals surface area contributed by atoms with Crippen LogP contribution in [0.25, 0.3) is 0 Å². The Kier molecular flexibility index (Phi) is 5.05. The van der Waals surface area contributed by atoms with Gasteiger partial charge in [0.1, 0.15) is 5.75 Å². The van der Waals surface area contributed by atoms with Crippen molar-refractivity contribution in [3.8, 4) is 23.0 Å². The zero-order valence-corrected chi connectivity index (χ0v) is 12.9. The minimum absolute atomic E-state index is 0.0513. The van der Waals surface area contributed by atoms with Crippen LogP contribution in [-0.2, 0) is 12.8 Å². The van der Waals surface area contributed by atoms with Gasteiger partial charge in [-0.25, -0.2) is 9.18 Å². The number of phenols is 1. The molecule has 0 atom stereocenters. The first-order valence-electron chi connectivity index (χ1n) is 7.24. The molecule has 6 heteroatoms. The number of hydrogen-bond donors (Lipinski definition) is 2. The summed E-state index contributed by atoms with van der Waals surface area (Å²) in [6.07, 6.45) is 0.0360. The number of hydrogen-bond acceptors (Lipinski definition) is 4. The number of aryl methyl sites for hydroxylation is 1. The van der Waals surface area contributed by atoms with Gasteiger partial charge < -0.3 is 20.3 Å². The molecule has 0 radical (unpaired) electrons. The van der Waals surface area contributed by atoms with Gasteiger partial charge in [-0.3, -0.25) is 0 Å². The molecule has 5 nitrogen and oxygen atoms in total. The molecule has 3 N–H and O–H groups in total. The number of benzene rings is 2. The van der Waals surface area contributed by atoms with Crippen molar-refractivity contribution in [2.24, 2.45) is 5.73 Å². The largest absolute Gasteiger partial charge is 0.504 e. The van der Waals surface area contributed by atoms with Crippen molar-refractivity contribution in [1.29, 1.82) is 0 Å². The zero-order chi connectivity index (χ0) is 17.0. The van der Waals surface area contributed by atoms with E-state index in [0.717, 1.165) is 12.0 Å². The lowest BCUT2D eigenvalue weighted by atomic mass is 10.1. The molecule has 0 fully saturated rings. The van der Waals surface area contributed by atoms with Crippen molar-refractivity contribution in [1.82, 2.24) is 0 Å². The predicted molar refractivity (Wildman–Crippen MR) is 83.5 cm³/mol. The summed E-state index contributed by atoms with van der Waals surface area (Å²) in [4.78, 5) is 10.8. The Labute approximate surface area is 133 Å². The Morgan fingerprint density at radius 3 is 2.35 bits per heavy atom. The molecule has 122 valence electrons. The van der Waals surface area contributed by atoms with Gasteiger partial charge in [0.25, 0.3) is 0 Å². The molecule has 0 unspecified atom stereocenters. The van der Waals surface area contributed by atoms with Crippen LogP contribution in [-0.4, -0.2) is 11.2 Å². The SMILES string of the molecule is CCc1ccc(Oc2ccc(OC(N)=O)c(CC)c2F)c(O)c1. The van der Waals surface area contributed by atoms with Gasteiger partial charge >= 0.3 is 6.09 Å². The zero-order valence-electron chi connectivity index (χ0n) is 12.9. The maximum absolute atomic E-state index is 14.5. The minimum Gasteiger partial charge on any atom is -0.504 e. The second-order valence-corrected chi connectivity index (χ2v) is 4.89. The average molecular weight is 319 g/mol. The van der Waals surface area contributed by atoms with Crippen LogP contribution in [0.5, 0.6) is 23.0 Å². The maximum Gasteiger partial charge on any atom is 0.409 e. The van der Waals surface area contributed by atoms with Crippen LogP contribution in [0.2, 0.25) is 0 Å². The Bertz CT molecular complexity index is 731. The van der Waals surface area contributed by atoms with Crippen molar-refractivity contribution in [3.63, 3.8) is 0 Å². The van der Waals surface area contributed by atoms with E-state index in [0.29, 0.717) is 0 Å². The Morgan fingerprint density at radius 2 is 1.78 bits per heavy atom. The molecule has 0 aromatic heterocycles. The van der Waals surface area contributed by atoms with Gasteiger partial charge in [-0.05, 0) is 42.7 Å². The molecule has 0 heterocycles. The summed E-state index contributed by atoms with van der Waals surface area (Å²) in [5.41, 5.74) is 6.07. The molecule has 1 amide bonds. The van der Waals surface area contributed by atoms with Crippen LogP contribution >= 0.6 is 0 Å². The van der Waals surface area contributed by atoms with Crippen LogP contribution in [0.3, 0.4) is 0 Å². The first-order valence-corrected chi connectivity index (χ1v) is 7.24. The molecule has 0 spiro atoms. The number of phenolic OH excluding ortho intramolecular Hbond substituents is 1. The van der Waals surface area contributed by atoms with Crippen LogP contribution in [0, 0.1) is 5.82 Å². The van der Waals surface area contributed by atoms with E-state index in [1.165, 1.54) is 12.1 Å². The van der Waals surface area contributed by atoms with Gasteiger partial charge in [0.2, 0.25) is 0 Å². The highest BCUT2D eigenvalue weighted by Gasteiger charge is 2.17. The van der Waals surface area contributed by atoms with Gasteiger partial charge in [0.05, 0.1) is 0 Å². The lowest BCUT2D eigenvalue weighted by Crippen LogP contribution is -2.17. The van der Waals surface area contributed by atoms with Crippen LogP contribution in [0.15, 0.2) is 30.3 Å². The van der Waals surface area contributed by atoms with Crippen molar-refractivity contribution in [2.45, 2.75) is 26.7 Å². The fourth-order valence-electron chi connectivity index (χ4n) is 2.18. The topological polar surface area (TPSA) is 81.8 Å². The number of halogens is 1.